The van der Waals surface area contributed by atoms with Crippen molar-refractivity contribution in [2.75, 3.05) is 13.2 Å². The summed E-state index contributed by atoms with van der Waals surface area (Å²) in [5.41, 5.74) is 0. The number of Topliss-reactive ketones (excluding diaryl/α,β-unsaturated/α-hetero) is 1. The molecule has 0 spiro atoms. The van der Waals surface area contributed by atoms with Crippen LogP contribution in [-0.2, 0) is 40.1 Å². The van der Waals surface area contributed by atoms with Crippen molar-refractivity contribution in [1.82, 2.24) is 0 Å². The van der Waals surface area contributed by atoms with Gasteiger partial charge in [-0.2, -0.15) is 0 Å². The number of ketones is 1. The minimum atomic E-state index is -0.514. The van der Waals surface area contributed by atoms with Crippen molar-refractivity contribution < 1.29 is 40.1 Å². The average Bonchev–Trinajstić information content (AvgIpc) is 2.71. The van der Waals surface area contributed by atoms with Gasteiger partial charge >= 0.3 is 0 Å². The fourth-order valence-electron chi connectivity index (χ4n) is 2.53. The molecule has 0 aliphatic heterocycles. The van der Waals surface area contributed by atoms with Crippen molar-refractivity contribution >= 4 is 11.8 Å². The average molecular weight is 622 g/mol. The molecular weight excluding hydrogens is 572 g/mol. The maximum atomic E-state index is 10.5. The predicted octanol–water partition coefficient (Wildman–Crippen LogP) is 7.79. The molecule has 4 nitrogen and oxygen atoms in total. The van der Waals surface area contributed by atoms with Gasteiger partial charge < -0.3 is 21.2 Å². The summed E-state index contributed by atoms with van der Waals surface area (Å²) < 4.78 is 9.47. The fourth-order valence-corrected chi connectivity index (χ4v) is 2.53. The molecule has 0 aliphatic rings. The van der Waals surface area contributed by atoms with Crippen molar-refractivity contribution in [3.63, 3.8) is 0 Å². The molecule has 0 N–H and O–H groups in total. The topological polar surface area (TPSA) is 52.6 Å². The number of hydrogen-bond donors (Lipinski definition) is 0. The third-order valence-corrected chi connectivity index (χ3v) is 4.23. The molecule has 0 aromatic carbocycles. The summed E-state index contributed by atoms with van der Waals surface area (Å²) in [4.78, 5) is 20.3. The second kappa shape index (κ2) is 34.3. The molecule has 0 atom stereocenters. The van der Waals surface area contributed by atoms with Crippen LogP contribution in [0.3, 0.4) is 0 Å². The Hall–Kier alpha value is -1.28. The van der Waals surface area contributed by atoms with Gasteiger partial charge in [0, 0.05) is 21.1 Å². The Labute approximate surface area is 214 Å². The van der Waals surface area contributed by atoms with E-state index in [0.29, 0.717) is 12.2 Å². The van der Waals surface area contributed by atoms with Gasteiger partial charge in [-0.25, -0.2) is 13.5 Å². The molecular formula is C27H49O4W-3. The fraction of sp³-hybridized carbons (Fsp3) is 0.667. The molecule has 0 aliphatic carbocycles. The molecule has 0 rings (SSSR count). The Bertz CT molecular complexity index is 394. The number of allylic oxidation sites excluding steroid dienone is 1. The second-order valence-electron chi connectivity index (χ2n) is 7.54. The van der Waals surface area contributed by atoms with Crippen molar-refractivity contribution in [1.29, 1.82) is 0 Å². The van der Waals surface area contributed by atoms with Crippen molar-refractivity contribution in [3.05, 3.63) is 45.8 Å². The molecule has 0 radical (unpaired) electrons. The van der Waals surface area contributed by atoms with Gasteiger partial charge in [0.1, 0.15) is 6.61 Å². The smallest absolute Gasteiger partial charge is 0.164 e. The van der Waals surface area contributed by atoms with Crippen LogP contribution in [0.2, 0.25) is 0 Å². The molecule has 190 valence electrons. The summed E-state index contributed by atoms with van der Waals surface area (Å²) in [6, 6.07) is 0. The molecule has 0 aromatic heterocycles. The SMILES string of the molecule is C=C([CH2-])OCCCCCCCC.C=CCOC([CH2-])=O.[CH2-]C(=O)CCCCCCCCC.[W]. The van der Waals surface area contributed by atoms with E-state index in [-0.39, 0.29) is 33.5 Å². The van der Waals surface area contributed by atoms with Crippen LogP contribution in [0.5, 0.6) is 0 Å². The Balaban J connectivity index is -0.000000188. The number of esters is 1. The van der Waals surface area contributed by atoms with Gasteiger partial charge in [-0.15, -0.1) is 0 Å². The van der Waals surface area contributed by atoms with Crippen LogP contribution in [0, 0.1) is 20.8 Å². The zero-order chi connectivity index (χ0) is 24.2. The van der Waals surface area contributed by atoms with E-state index in [0.717, 1.165) is 19.4 Å². The maximum absolute atomic E-state index is 10.5. The Morgan fingerprint density at radius 1 is 0.750 bits per heavy atom. The number of carbonyl (C=O) groups excluding carboxylic acids is 2. The number of unbranched alkanes of at least 4 members (excludes halogenated alkanes) is 11. The molecule has 0 unspecified atom stereocenters. The Morgan fingerprint density at radius 3 is 1.53 bits per heavy atom. The monoisotopic (exact) mass is 621 g/mol. The van der Waals surface area contributed by atoms with Crippen LogP contribution in [-0.4, -0.2) is 25.0 Å². The van der Waals surface area contributed by atoms with Crippen LogP contribution in [0.4, 0.5) is 0 Å². The van der Waals surface area contributed by atoms with Gasteiger partial charge in [0.2, 0.25) is 0 Å². The number of hydrogen-bond acceptors (Lipinski definition) is 4. The second-order valence-corrected chi connectivity index (χ2v) is 7.54. The standard InChI is InChI=1S/2C11H21O.C5H7O2.W/c1-4-5-6-7-8-9-10-12-11(2)3;1-3-4-5-6-7-8-9-10-11(2)12;1-3-4-7-5(2)6;/h2*2-10H2,1H3;3H,1-2,4H2;/q3*-1;. The van der Waals surface area contributed by atoms with Gasteiger partial charge in [0.15, 0.2) is 5.97 Å². The van der Waals surface area contributed by atoms with Gasteiger partial charge in [-0.3, -0.25) is 11.7 Å². The Kier molecular flexibility index (Phi) is 40.8. The van der Waals surface area contributed by atoms with Crippen molar-refractivity contribution in [2.24, 2.45) is 0 Å². The molecule has 5 heteroatoms. The minimum Gasteiger partial charge on any atom is -0.532 e. The van der Waals surface area contributed by atoms with E-state index in [1.807, 2.05) is 0 Å². The predicted molar refractivity (Wildman–Crippen MR) is 133 cm³/mol. The van der Waals surface area contributed by atoms with Crippen molar-refractivity contribution in [2.45, 2.75) is 104 Å². The van der Waals surface area contributed by atoms with E-state index < -0.39 is 5.97 Å². The minimum absolute atomic E-state index is 0. The maximum Gasteiger partial charge on any atom is 0.164 e. The first kappa shape index (κ1) is 38.0. The quantitative estimate of drug-likeness (QED) is 0.0516. The van der Waals surface area contributed by atoms with Crippen LogP contribution >= 0.6 is 0 Å². The van der Waals surface area contributed by atoms with E-state index in [2.05, 4.69) is 52.5 Å². The van der Waals surface area contributed by atoms with E-state index in [9.17, 15) is 9.59 Å². The first-order valence-corrected chi connectivity index (χ1v) is 11.9. The van der Waals surface area contributed by atoms with Crippen LogP contribution in [0.25, 0.3) is 0 Å². The van der Waals surface area contributed by atoms with Crippen LogP contribution in [0.1, 0.15) is 104 Å². The zero-order valence-corrected chi connectivity index (χ0v) is 23.9. The summed E-state index contributed by atoms with van der Waals surface area (Å²) in [5, 5.41) is 0. The first-order valence-electron chi connectivity index (χ1n) is 11.9. The summed E-state index contributed by atoms with van der Waals surface area (Å²) in [5.74, 6) is 0.159. The number of carbonyl (C=O) groups is 2. The normalized spacial score (nSPS) is 9.06. The molecule has 32 heavy (non-hydrogen) atoms. The zero-order valence-electron chi connectivity index (χ0n) is 21.0. The van der Waals surface area contributed by atoms with Crippen LogP contribution in [0.15, 0.2) is 25.0 Å². The van der Waals surface area contributed by atoms with Crippen LogP contribution < -0.4 is 0 Å². The van der Waals surface area contributed by atoms with Gasteiger partial charge in [0.25, 0.3) is 0 Å². The molecule has 0 aromatic rings. The third kappa shape index (κ3) is 51.4. The van der Waals surface area contributed by atoms with Gasteiger partial charge in [0.05, 0.1) is 6.61 Å². The molecule has 0 amide bonds. The molecule has 0 saturated heterocycles. The van der Waals surface area contributed by atoms with E-state index in [1.54, 1.807) is 0 Å². The molecule has 0 bridgehead atoms. The summed E-state index contributed by atoms with van der Waals surface area (Å²) >= 11 is 0. The first-order chi connectivity index (χ1) is 14.8. The molecule has 0 saturated carbocycles. The third-order valence-electron chi connectivity index (χ3n) is 4.23. The molecule has 0 heterocycles. The summed E-state index contributed by atoms with van der Waals surface area (Å²) in [6.45, 7) is 22.3. The largest absolute Gasteiger partial charge is 0.532 e. The van der Waals surface area contributed by atoms with Gasteiger partial charge in [-0.1, -0.05) is 103 Å². The summed E-state index contributed by atoms with van der Waals surface area (Å²) in [7, 11) is 0. The van der Waals surface area contributed by atoms with Gasteiger partial charge in [-0.05, 0) is 25.0 Å². The van der Waals surface area contributed by atoms with Crippen molar-refractivity contribution in [3.8, 4) is 0 Å². The number of ether oxygens (including phenoxy) is 2. The number of rotatable bonds is 18. The van der Waals surface area contributed by atoms with E-state index in [1.165, 1.54) is 76.7 Å². The summed E-state index contributed by atoms with van der Waals surface area (Å²) in [6.07, 6.45) is 18.8. The molecule has 0 fully saturated rings. The van der Waals surface area contributed by atoms with E-state index in [4.69, 9.17) is 4.74 Å². The van der Waals surface area contributed by atoms with E-state index >= 15 is 0 Å². The Morgan fingerprint density at radius 2 is 1.19 bits per heavy atom.